The van der Waals surface area contributed by atoms with Gasteiger partial charge in [0.2, 0.25) is 0 Å². The van der Waals surface area contributed by atoms with Gasteiger partial charge < -0.3 is 18.9 Å². The van der Waals surface area contributed by atoms with Gasteiger partial charge in [-0.2, -0.15) is 0 Å². The third-order valence-corrected chi connectivity index (χ3v) is 3.54. The molecule has 0 unspecified atom stereocenters. The number of hydrogen-bond acceptors (Lipinski definition) is 4. The molecule has 0 atom stereocenters. The average molecular weight is 274 g/mol. The van der Waals surface area contributed by atoms with Crippen molar-refractivity contribution in [3.05, 3.63) is 60.9 Å². The second-order valence-electron chi connectivity index (χ2n) is 5.22. The van der Waals surface area contributed by atoms with Gasteiger partial charge in [-0.05, 0) is 12.0 Å². The number of benzene rings is 1. The molecular formula is C16H18O4. The molecule has 0 bridgehead atoms. The van der Waals surface area contributed by atoms with Crippen LogP contribution in [-0.2, 0) is 25.4 Å². The molecule has 4 nitrogen and oxygen atoms in total. The maximum absolute atomic E-state index is 5.70. The van der Waals surface area contributed by atoms with E-state index in [-0.39, 0.29) is 0 Å². The Hall–Kier alpha value is -2.10. The fraction of sp³-hybridized carbons (Fsp3) is 0.375. The van der Waals surface area contributed by atoms with E-state index in [4.69, 9.17) is 18.9 Å². The van der Waals surface area contributed by atoms with E-state index in [9.17, 15) is 0 Å². The van der Waals surface area contributed by atoms with Gasteiger partial charge in [0.15, 0.2) is 0 Å². The fourth-order valence-electron chi connectivity index (χ4n) is 2.54. The number of hydrogen-bond donors (Lipinski definition) is 0. The molecule has 0 aliphatic carbocycles. The lowest BCUT2D eigenvalue weighted by atomic mass is 9.98. The first-order valence-corrected chi connectivity index (χ1v) is 6.75. The van der Waals surface area contributed by atoms with Crippen LogP contribution in [0, 0.1) is 0 Å². The molecule has 4 heteroatoms. The van der Waals surface area contributed by atoms with Crippen molar-refractivity contribution >= 4 is 0 Å². The SMILES string of the molecule is CC1(CC2(CCc3ccccc3)OC=CO2)OC=CO1. The third-order valence-electron chi connectivity index (χ3n) is 3.54. The van der Waals surface area contributed by atoms with Crippen LogP contribution in [0.4, 0.5) is 0 Å². The third kappa shape index (κ3) is 2.74. The summed E-state index contributed by atoms with van der Waals surface area (Å²) in [6.45, 7) is 1.88. The van der Waals surface area contributed by atoms with Crippen LogP contribution in [0.2, 0.25) is 0 Å². The zero-order valence-corrected chi connectivity index (χ0v) is 11.5. The van der Waals surface area contributed by atoms with Crippen LogP contribution in [0.15, 0.2) is 55.4 Å². The summed E-state index contributed by atoms with van der Waals surface area (Å²) in [5, 5.41) is 0. The van der Waals surface area contributed by atoms with Crippen LogP contribution in [-0.4, -0.2) is 11.6 Å². The summed E-state index contributed by atoms with van der Waals surface area (Å²) in [7, 11) is 0. The lowest BCUT2D eigenvalue weighted by Gasteiger charge is -2.34. The Labute approximate surface area is 118 Å². The van der Waals surface area contributed by atoms with Crippen LogP contribution >= 0.6 is 0 Å². The van der Waals surface area contributed by atoms with Crippen molar-refractivity contribution in [3.8, 4) is 0 Å². The largest absolute Gasteiger partial charge is 0.457 e. The molecular weight excluding hydrogens is 256 g/mol. The molecule has 20 heavy (non-hydrogen) atoms. The molecule has 0 spiro atoms. The molecule has 106 valence electrons. The van der Waals surface area contributed by atoms with Gasteiger partial charge in [0.1, 0.15) is 31.5 Å². The van der Waals surface area contributed by atoms with Crippen molar-refractivity contribution in [2.24, 2.45) is 0 Å². The summed E-state index contributed by atoms with van der Waals surface area (Å²) in [4.78, 5) is 0. The van der Waals surface area contributed by atoms with Crippen molar-refractivity contribution in [2.75, 3.05) is 0 Å². The second kappa shape index (κ2) is 5.12. The summed E-state index contributed by atoms with van der Waals surface area (Å²) in [6, 6.07) is 10.3. The van der Waals surface area contributed by atoms with Gasteiger partial charge in [0, 0.05) is 13.3 Å². The van der Waals surface area contributed by atoms with Crippen LogP contribution in [0.3, 0.4) is 0 Å². The van der Waals surface area contributed by atoms with E-state index >= 15 is 0 Å². The van der Waals surface area contributed by atoms with Gasteiger partial charge in [0.25, 0.3) is 11.6 Å². The summed E-state index contributed by atoms with van der Waals surface area (Å²) >= 11 is 0. The molecule has 0 fully saturated rings. The minimum Gasteiger partial charge on any atom is -0.457 e. The van der Waals surface area contributed by atoms with Gasteiger partial charge in [-0.1, -0.05) is 30.3 Å². The van der Waals surface area contributed by atoms with Gasteiger partial charge in [-0.25, -0.2) is 0 Å². The van der Waals surface area contributed by atoms with Crippen molar-refractivity contribution in [3.63, 3.8) is 0 Å². The van der Waals surface area contributed by atoms with Gasteiger partial charge >= 0.3 is 0 Å². The first kappa shape index (κ1) is 12.9. The lowest BCUT2D eigenvalue weighted by Crippen LogP contribution is -2.41. The molecule has 0 saturated carbocycles. The van der Waals surface area contributed by atoms with E-state index in [1.165, 1.54) is 5.56 Å². The van der Waals surface area contributed by atoms with E-state index in [0.29, 0.717) is 6.42 Å². The highest BCUT2D eigenvalue weighted by Crippen LogP contribution is 2.37. The highest BCUT2D eigenvalue weighted by molar-refractivity contribution is 5.15. The van der Waals surface area contributed by atoms with E-state index < -0.39 is 11.6 Å². The molecule has 0 amide bonds. The Morgan fingerprint density at radius 3 is 2.10 bits per heavy atom. The highest BCUT2D eigenvalue weighted by atomic mass is 16.7. The van der Waals surface area contributed by atoms with Gasteiger partial charge in [-0.15, -0.1) is 0 Å². The maximum Gasteiger partial charge on any atom is 0.257 e. The van der Waals surface area contributed by atoms with E-state index in [1.807, 2.05) is 25.1 Å². The van der Waals surface area contributed by atoms with Crippen molar-refractivity contribution in [1.29, 1.82) is 0 Å². The molecule has 2 aliphatic heterocycles. The Morgan fingerprint density at radius 2 is 1.45 bits per heavy atom. The number of aryl methyl sites for hydroxylation is 1. The van der Waals surface area contributed by atoms with E-state index in [1.54, 1.807) is 25.0 Å². The van der Waals surface area contributed by atoms with E-state index in [2.05, 4.69) is 12.1 Å². The van der Waals surface area contributed by atoms with Crippen LogP contribution in [0.1, 0.15) is 25.3 Å². The molecule has 3 rings (SSSR count). The average Bonchev–Trinajstić information content (AvgIpc) is 3.08. The van der Waals surface area contributed by atoms with E-state index in [0.717, 1.165) is 12.8 Å². The normalized spacial score (nSPS) is 20.9. The van der Waals surface area contributed by atoms with Gasteiger partial charge in [-0.3, -0.25) is 0 Å². The molecule has 0 radical (unpaired) electrons. The predicted octanol–water partition coefficient (Wildman–Crippen LogP) is 3.46. The zero-order chi connectivity index (χ0) is 13.9. The summed E-state index contributed by atoms with van der Waals surface area (Å²) < 4.78 is 22.4. The minimum atomic E-state index is -0.733. The highest BCUT2D eigenvalue weighted by Gasteiger charge is 2.46. The Bertz CT molecular complexity index is 490. The molecule has 1 aromatic rings. The quantitative estimate of drug-likeness (QED) is 0.824. The predicted molar refractivity (Wildman–Crippen MR) is 73.1 cm³/mol. The van der Waals surface area contributed by atoms with Crippen molar-refractivity contribution in [2.45, 2.75) is 37.8 Å². The molecule has 1 aromatic carbocycles. The number of ether oxygens (including phenoxy) is 4. The fourth-order valence-corrected chi connectivity index (χ4v) is 2.54. The van der Waals surface area contributed by atoms with Crippen LogP contribution in [0.5, 0.6) is 0 Å². The van der Waals surface area contributed by atoms with Crippen molar-refractivity contribution < 1.29 is 18.9 Å². The molecule has 0 saturated heterocycles. The molecule has 2 aliphatic rings. The van der Waals surface area contributed by atoms with Gasteiger partial charge in [0.05, 0.1) is 0 Å². The monoisotopic (exact) mass is 274 g/mol. The van der Waals surface area contributed by atoms with Crippen LogP contribution in [0.25, 0.3) is 0 Å². The Morgan fingerprint density at radius 1 is 0.850 bits per heavy atom. The first-order valence-electron chi connectivity index (χ1n) is 6.75. The summed E-state index contributed by atoms with van der Waals surface area (Å²) in [6.07, 6.45) is 8.35. The standard InChI is InChI=1S/C16H18O4/c1-15(17-9-10-18-15)13-16(19-11-12-20-16)8-7-14-5-3-2-4-6-14/h2-6,9-12H,7-8,13H2,1H3. The smallest absolute Gasteiger partial charge is 0.257 e. The zero-order valence-electron chi connectivity index (χ0n) is 11.5. The summed E-state index contributed by atoms with van der Waals surface area (Å²) in [5.41, 5.74) is 1.25. The Kier molecular flexibility index (Phi) is 3.30. The summed E-state index contributed by atoms with van der Waals surface area (Å²) in [5.74, 6) is -1.46. The molecule has 0 N–H and O–H groups in total. The maximum atomic E-state index is 5.70. The van der Waals surface area contributed by atoms with Crippen molar-refractivity contribution in [1.82, 2.24) is 0 Å². The number of rotatable bonds is 5. The molecule has 0 aromatic heterocycles. The molecule has 2 heterocycles. The minimum absolute atomic E-state index is 0.493. The Balaban J connectivity index is 1.65. The lowest BCUT2D eigenvalue weighted by molar-refractivity contribution is -0.230. The van der Waals surface area contributed by atoms with Crippen LogP contribution < -0.4 is 0 Å². The topological polar surface area (TPSA) is 36.9 Å². The first-order chi connectivity index (χ1) is 9.70. The second-order valence-corrected chi connectivity index (χ2v) is 5.22.